The quantitative estimate of drug-likeness (QED) is 0.723. The third-order valence-corrected chi connectivity index (χ3v) is 4.85. The lowest BCUT2D eigenvalue weighted by Gasteiger charge is -2.19. The van der Waals surface area contributed by atoms with E-state index in [1.807, 2.05) is 30.5 Å². The average Bonchev–Trinajstić information content (AvgIpc) is 2.89. The molecule has 1 amide bonds. The molecule has 5 heteroatoms. The van der Waals surface area contributed by atoms with Gasteiger partial charge in [-0.15, -0.1) is 0 Å². The topological polar surface area (TPSA) is 57.3 Å². The number of pyridine rings is 1. The molecular weight excluding hydrogens is 348 g/mol. The largest absolute Gasteiger partial charge is 0.383 e. The molecule has 5 nitrogen and oxygen atoms in total. The van der Waals surface area contributed by atoms with E-state index in [1.165, 1.54) is 18.1 Å². The van der Waals surface area contributed by atoms with Crippen LogP contribution in [0.2, 0.25) is 0 Å². The second-order valence-corrected chi connectivity index (χ2v) is 7.11. The fourth-order valence-corrected chi connectivity index (χ4v) is 3.54. The SMILES string of the molecule is CC(=O)Nc1cccc(-c2cc3c(cn2)CN(Cc2ccccc2)CCN3)c1. The monoisotopic (exact) mass is 372 g/mol. The Balaban J connectivity index is 1.54. The maximum absolute atomic E-state index is 11.3. The molecule has 2 aromatic carbocycles. The number of benzene rings is 2. The average molecular weight is 372 g/mol. The van der Waals surface area contributed by atoms with Gasteiger partial charge in [-0.25, -0.2) is 0 Å². The van der Waals surface area contributed by atoms with E-state index in [0.29, 0.717) is 0 Å². The zero-order valence-corrected chi connectivity index (χ0v) is 16.0. The van der Waals surface area contributed by atoms with Crippen molar-refractivity contribution in [1.82, 2.24) is 9.88 Å². The van der Waals surface area contributed by atoms with Crippen LogP contribution in [0.25, 0.3) is 11.3 Å². The molecule has 2 N–H and O–H groups in total. The molecule has 1 aliphatic heterocycles. The highest BCUT2D eigenvalue weighted by Crippen LogP contribution is 2.27. The summed E-state index contributed by atoms with van der Waals surface area (Å²) in [4.78, 5) is 18.4. The van der Waals surface area contributed by atoms with E-state index in [4.69, 9.17) is 0 Å². The number of amides is 1. The van der Waals surface area contributed by atoms with E-state index < -0.39 is 0 Å². The minimum Gasteiger partial charge on any atom is -0.383 e. The van der Waals surface area contributed by atoms with Crippen LogP contribution in [-0.4, -0.2) is 28.9 Å². The van der Waals surface area contributed by atoms with Gasteiger partial charge in [-0.3, -0.25) is 14.7 Å². The summed E-state index contributed by atoms with van der Waals surface area (Å²) in [6.07, 6.45) is 1.96. The highest BCUT2D eigenvalue weighted by molar-refractivity contribution is 5.89. The lowest BCUT2D eigenvalue weighted by molar-refractivity contribution is -0.114. The lowest BCUT2D eigenvalue weighted by Crippen LogP contribution is -2.25. The second kappa shape index (κ2) is 8.23. The van der Waals surface area contributed by atoms with Gasteiger partial charge in [0.1, 0.15) is 0 Å². The first-order chi connectivity index (χ1) is 13.7. The van der Waals surface area contributed by atoms with Gasteiger partial charge in [0, 0.05) is 61.8 Å². The van der Waals surface area contributed by atoms with Gasteiger partial charge < -0.3 is 10.6 Å². The summed E-state index contributed by atoms with van der Waals surface area (Å²) in [7, 11) is 0. The summed E-state index contributed by atoms with van der Waals surface area (Å²) in [5.41, 5.74) is 6.32. The van der Waals surface area contributed by atoms with Crippen molar-refractivity contribution in [2.45, 2.75) is 20.0 Å². The highest BCUT2D eigenvalue weighted by Gasteiger charge is 2.16. The number of rotatable bonds is 4. The minimum absolute atomic E-state index is 0.0767. The first kappa shape index (κ1) is 18.2. The van der Waals surface area contributed by atoms with E-state index in [0.717, 1.165) is 48.8 Å². The number of hydrogen-bond acceptors (Lipinski definition) is 4. The molecule has 0 unspecified atom stereocenters. The van der Waals surface area contributed by atoms with E-state index in [1.54, 1.807) is 0 Å². The van der Waals surface area contributed by atoms with Crippen LogP contribution in [0.1, 0.15) is 18.1 Å². The summed E-state index contributed by atoms with van der Waals surface area (Å²) in [5, 5.41) is 6.37. The molecule has 0 saturated heterocycles. The van der Waals surface area contributed by atoms with Gasteiger partial charge in [-0.2, -0.15) is 0 Å². The number of carbonyl (C=O) groups excluding carboxylic acids is 1. The number of carbonyl (C=O) groups is 1. The number of nitrogens with zero attached hydrogens (tertiary/aromatic N) is 2. The van der Waals surface area contributed by atoms with Gasteiger partial charge in [0.2, 0.25) is 5.91 Å². The molecule has 0 aliphatic carbocycles. The maximum Gasteiger partial charge on any atom is 0.221 e. The highest BCUT2D eigenvalue weighted by atomic mass is 16.1. The van der Waals surface area contributed by atoms with Crippen molar-refractivity contribution in [3.8, 4) is 11.3 Å². The molecule has 28 heavy (non-hydrogen) atoms. The Morgan fingerprint density at radius 3 is 2.82 bits per heavy atom. The minimum atomic E-state index is -0.0767. The summed E-state index contributed by atoms with van der Waals surface area (Å²) >= 11 is 0. The van der Waals surface area contributed by atoms with Crippen LogP contribution in [0.4, 0.5) is 11.4 Å². The van der Waals surface area contributed by atoms with Gasteiger partial charge >= 0.3 is 0 Å². The second-order valence-electron chi connectivity index (χ2n) is 7.11. The van der Waals surface area contributed by atoms with Gasteiger partial charge in [0.25, 0.3) is 0 Å². The summed E-state index contributed by atoms with van der Waals surface area (Å²) in [5.74, 6) is -0.0767. The molecule has 0 saturated carbocycles. The number of aromatic nitrogens is 1. The fraction of sp³-hybridized carbons (Fsp3) is 0.217. The molecule has 0 radical (unpaired) electrons. The molecule has 0 bridgehead atoms. The van der Waals surface area contributed by atoms with Crippen LogP contribution in [0.5, 0.6) is 0 Å². The Kier molecular flexibility index (Phi) is 5.35. The number of anilines is 2. The van der Waals surface area contributed by atoms with Gasteiger partial charge in [0.05, 0.1) is 5.69 Å². The van der Waals surface area contributed by atoms with Crippen LogP contribution in [0, 0.1) is 0 Å². The Morgan fingerprint density at radius 2 is 2.00 bits per heavy atom. The molecule has 1 aromatic heterocycles. The Hall–Kier alpha value is -3.18. The predicted molar refractivity (Wildman–Crippen MR) is 113 cm³/mol. The maximum atomic E-state index is 11.3. The smallest absolute Gasteiger partial charge is 0.221 e. The Morgan fingerprint density at radius 1 is 1.14 bits per heavy atom. The Bertz CT molecular complexity index is 971. The van der Waals surface area contributed by atoms with Crippen molar-refractivity contribution >= 4 is 17.3 Å². The summed E-state index contributed by atoms with van der Waals surface area (Å²) in [6.45, 7) is 5.20. The zero-order chi connectivity index (χ0) is 19.3. The number of fused-ring (bicyclic) bond motifs is 1. The van der Waals surface area contributed by atoms with Crippen molar-refractivity contribution in [2.24, 2.45) is 0 Å². The molecule has 0 fully saturated rings. The van der Waals surface area contributed by atoms with Crippen molar-refractivity contribution in [3.63, 3.8) is 0 Å². The normalized spacial score (nSPS) is 13.9. The molecule has 142 valence electrons. The van der Waals surface area contributed by atoms with Gasteiger partial charge in [-0.05, 0) is 23.8 Å². The van der Waals surface area contributed by atoms with Crippen molar-refractivity contribution in [1.29, 1.82) is 0 Å². The van der Waals surface area contributed by atoms with E-state index in [2.05, 4.69) is 56.9 Å². The van der Waals surface area contributed by atoms with Gasteiger partial charge in [0.15, 0.2) is 0 Å². The van der Waals surface area contributed by atoms with Crippen LogP contribution < -0.4 is 10.6 Å². The van der Waals surface area contributed by atoms with Crippen LogP contribution in [0.3, 0.4) is 0 Å². The molecule has 4 rings (SSSR count). The third-order valence-electron chi connectivity index (χ3n) is 4.85. The molecular formula is C23H24N4O. The molecule has 3 aromatic rings. The van der Waals surface area contributed by atoms with E-state index in [-0.39, 0.29) is 5.91 Å². The van der Waals surface area contributed by atoms with Crippen LogP contribution >= 0.6 is 0 Å². The molecule has 1 aliphatic rings. The molecule has 0 atom stereocenters. The summed E-state index contributed by atoms with van der Waals surface area (Å²) in [6, 6.07) is 20.4. The van der Waals surface area contributed by atoms with Crippen molar-refractivity contribution in [3.05, 3.63) is 78.0 Å². The van der Waals surface area contributed by atoms with Crippen LogP contribution in [0.15, 0.2) is 66.9 Å². The van der Waals surface area contributed by atoms with Crippen LogP contribution in [-0.2, 0) is 17.9 Å². The molecule has 0 spiro atoms. The van der Waals surface area contributed by atoms with Crippen molar-refractivity contribution in [2.75, 3.05) is 23.7 Å². The van der Waals surface area contributed by atoms with Crippen molar-refractivity contribution < 1.29 is 4.79 Å². The Labute approximate surface area is 165 Å². The third kappa shape index (κ3) is 4.38. The number of hydrogen-bond donors (Lipinski definition) is 2. The van der Waals surface area contributed by atoms with E-state index in [9.17, 15) is 4.79 Å². The van der Waals surface area contributed by atoms with E-state index >= 15 is 0 Å². The molecule has 2 heterocycles. The first-order valence-corrected chi connectivity index (χ1v) is 9.54. The fourth-order valence-electron chi connectivity index (χ4n) is 3.54. The zero-order valence-electron chi connectivity index (χ0n) is 16.0. The first-order valence-electron chi connectivity index (χ1n) is 9.54. The standard InChI is InChI=1S/C23H24N4O/c1-17(28)26-21-9-5-8-19(12-21)22-13-23-20(14-25-22)16-27(11-10-24-23)15-18-6-3-2-4-7-18/h2-9,12-14,24H,10-11,15-16H2,1H3,(H,26,28). The summed E-state index contributed by atoms with van der Waals surface area (Å²) < 4.78 is 0. The predicted octanol–water partition coefficient (Wildman–Crippen LogP) is 4.13. The lowest BCUT2D eigenvalue weighted by atomic mass is 10.1. The van der Waals surface area contributed by atoms with Gasteiger partial charge in [-0.1, -0.05) is 42.5 Å². The number of nitrogens with one attached hydrogen (secondary N) is 2.